The maximum Gasteiger partial charge on any atom is 0.359 e. The van der Waals surface area contributed by atoms with Crippen molar-refractivity contribution in [3.63, 3.8) is 0 Å². The molecule has 7 nitrogen and oxygen atoms in total. The Labute approximate surface area is 162 Å². The van der Waals surface area contributed by atoms with E-state index in [1.54, 1.807) is 43.3 Å². The Kier molecular flexibility index (Phi) is 4.44. The zero-order chi connectivity index (χ0) is 19.8. The Bertz CT molecular complexity index is 1360. The fourth-order valence-electron chi connectivity index (χ4n) is 2.95. The van der Waals surface area contributed by atoms with Crippen molar-refractivity contribution in [1.82, 2.24) is 10.2 Å². The van der Waals surface area contributed by atoms with Crippen molar-refractivity contribution in [2.24, 2.45) is 0 Å². The van der Waals surface area contributed by atoms with E-state index in [0.29, 0.717) is 32.3 Å². The minimum atomic E-state index is -0.730. The molecule has 0 spiro atoms. The molecule has 4 rings (SSSR count). The third-order valence-electron chi connectivity index (χ3n) is 4.36. The lowest BCUT2D eigenvalue weighted by atomic mass is 10.1. The molecular weight excluding hydrogens is 384 g/mol. The number of aromatic nitrogens is 2. The van der Waals surface area contributed by atoms with Gasteiger partial charge in [0.15, 0.2) is 5.69 Å². The number of carbonyl (C=O) groups is 1. The number of carbonyl (C=O) groups excluding carboxylic acids is 1. The quantitative estimate of drug-likeness (QED) is 0.421. The van der Waals surface area contributed by atoms with Crippen LogP contribution >= 0.6 is 11.6 Å². The molecule has 0 aliphatic carbocycles. The van der Waals surface area contributed by atoms with E-state index in [1.807, 2.05) is 0 Å². The number of aromatic amines is 1. The van der Waals surface area contributed by atoms with Crippen LogP contribution in [0.4, 0.5) is 0 Å². The third kappa shape index (κ3) is 3.16. The summed E-state index contributed by atoms with van der Waals surface area (Å²) < 4.78 is 10.5. The standard InChI is InChI=1S/C20H13ClN2O5/c1-10-6-16-14(8-15(10)21)11(7-17(24)28-16)9-27-20(26)18-12-4-2-3-5-13(12)19(25)23-22-18/h2-8H,9H2,1H3,(H,23,25). The summed E-state index contributed by atoms with van der Waals surface area (Å²) in [6.07, 6.45) is 0. The number of aryl methyl sites for hydroxylation is 1. The van der Waals surface area contributed by atoms with Crippen molar-refractivity contribution < 1.29 is 13.9 Å². The monoisotopic (exact) mass is 396 g/mol. The molecule has 2 aromatic heterocycles. The Morgan fingerprint density at radius 1 is 1.14 bits per heavy atom. The van der Waals surface area contributed by atoms with E-state index in [2.05, 4.69) is 10.2 Å². The first-order valence-electron chi connectivity index (χ1n) is 8.31. The fourth-order valence-corrected chi connectivity index (χ4v) is 3.11. The Morgan fingerprint density at radius 2 is 1.89 bits per heavy atom. The summed E-state index contributed by atoms with van der Waals surface area (Å²) in [5.74, 6) is -0.730. The summed E-state index contributed by atoms with van der Waals surface area (Å²) in [6.45, 7) is 1.61. The van der Waals surface area contributed by atoms with E-state index in [0.717, 1.165) is 5.56 Å². The van der Waals surface area contributed by atoms with Gasteiger partial charge in [0.1, 0.15) is 12.2 Å². The lowest BCUT2D eigenvalue weighted by Crippen LogP contribution is -2.16. The van der Waals surface area contributed by atoms with Gasteiger partial charge in [-0.2, -0.15) is 5.10 Å². The van der Waals surface area contributed by atoms with E-state index in [-0.39, 0.29) is 12.3 Å². The summed E-state index contributed by atoms with van der Waals surface area (Å²) in [6, 6.07) is 11.2. The van der Waals surface area contributed by atoms with Crippen LogP contribution in [0.1, 0.15) is 21.6 Å². The van der Waals surface area contributed by atoms with Crippen LogP contribution in [0, 0.1) is 6.92 Å². The van der Waals surface area contributed by atoms with Crippen LogP contribution in [0.5, 0.6) is 0 Å². The molecule has 0 unspecified atom stereocenters. The molecule has 0 saturated heterocycles. The molecule has 0 amide bonds. The number of esters is 1. The van der Waals surface area contributed by atoms with Crippen LogP contribution in [0.25, 0.3) is 21.7 Å². The number of nitrogens with zero attached hydrogens (tertiary/aromatic N) is 1. The molecule has 0 atom stereocenters. The van der Waals surface area contributed by atoms with Crippen LogP contribution < -0.4 is 11.2 Å². The number of hydrogen-bond donors (Lipinski definition) is 1. The number of H-pyrrole nitrogens is 1. The minimum Gasteiger partial charge on any atom is -0.456 e. The van der Waals surface area contributed by atoms with Gasteiger partial charge in [-0.05, 0) is 30.7 Å². The van der Waals surface area contributed by atoms with Gasteiger partial charge in [0.25, 0.3) is 5.56 Å². The van der Waals surface area contributed by atoms with Crippen molar-refractivity contribution >= 4 is 39.3 Å². The zero-order valence-corrected chi connectivity index (χ0v) is 15.4. The SMILES string of the molecule is Cc1cc2oc(=O)cc(COC(=O)c3n[nH]c(=O)c4ccccc34)c2cc1Cl. The average molecular weight is 397 g/mol. The minimum absolute atomic E-state index is 0.0173. The molecule has 0 aliphatic rings. The predicted molar refractivity (Wildman–Crippen MR) is 104 cm³/mol. The van der Waals surface area contributed by atoms with E-state index >= 15 is 0 Å². The third-order valence-corrected chi connectivity index (χ3v) is 4.76. The van der Waals surface area contributed by atoms with Crippen LogP contribution in [-0.4, -0.2) is 16.2 Å². The highest BCUT2D eigenvalue weighted by Crippen LogP contribution is 2.26. The number of fused-ring (bicyclic) bond motifs is 2. The molecule has 0 radical (unpaired) electrons. The van der Waals surface area contributed by atoms with E-state index < -0.39 is 17.2 Å². The molecule has 4 aromatic rings. The van der Waals surface area contributed by atoms with Crippen LogP contribution in [0.15, 0.2) is 56.5 Å². The summed E-state index contributed by atoms with van der Waals surface area (Å²) in [4.78, 5) is 36.2. The normalized spacial score (nSPS) is 11.1. The van der Waals surface area contributed by atoms with Gasteiger partial charge < -0.3 is 9.15 Å². The first-order valence-corrected chi connectivity index (χ1v) is 8.69. The molecule has 8 heteroatoms. The first-order chi connectivity index (χ1) is 13.4. The number of nitrogens with one attached hydrogen (secondary N) is 1. The molecule has 2 aromatic carbocycles. The smallest absolute Gasteiger partial charge is 0.359 e. The summed E-state index contributed by atoms with van der Waals surface area (Å²) >= 11 is 6.17. The molecule has 2 heterocycles. The van der Waals surface area contributed by atoms with Gasteiger partial charge in [0, 0.05) is 27.4 Å². The van der Waals surface area contributed by atoms with Crippen LogP contribution in [0.2, 0.25) is 5.02 Å². The second-order valence-electron chi connectivity index (χ2n) is 6.21. The summed E-state index contributed by atoms with van der Waals surface area (Å²) in [5.41, 5.74) is 0.590. The summed E-state index contributed by atoms with van der Waals surface area (Å²) in [7, 11) is 0. The van der Waals surface area contributed by atoms with Gasteiger partial charge in [-0.3, -0.25) is 4.79 Å². The highest BCUT2D eigenvalue weighted by atomic mass is 35.5. The lowest BCUT2D eigenvalue weighted by Gasteiger charge is -2.09. The van der Waals surface area contributed by atoms with Gasteiger partial charge in [-0.25, -0.2) is 14.7 Å². The summed E-state index contributed by atoms with van der Waals surface area (Å²) in [5, 5.41) is 7.88. The topological polar surface area (TPSA) is 102 Å². The molecule has 140 valence electrons. The fraction of sp³-hybridized carbons (Fsp3) is 0.100. The number of hydrogen-bond acceptors (Lipinski definition) is 6. The first kappa shape index (κ1) is 17.9. The van der Waals surface area contributed by atoms with E-state index in [4.69, 9.17) is 20.8 Å². The number of ether oxygens (including phenoxy) is 1. The van der Waals surface area contributed by atoms with Gasteiger partial charge in [0.2, 0.25) is 0 Å². The number of rotatable bonds is 3. The van der Waals surface area contributed by atoms with Crippen molar-refractivity contribution in [2.75, 3.05) is 0 Å². The zero-order valence-electron chi connectivity index (χ0n) is 14.6. The van der Waals surface area contributed by atoms with Gasteiger partial charge in [0.05, 0.1) is 5.39 Å². The molecule has 0 bridgehead atoms. The lowest BCUT2D eigenvalue weighted by molar-refractivity contribution is 0.0468. The highest BCUT2D eigenvalue weighted by Gasteiger charge is 2.17. The van der Waals surface area contributed by atoms with Crippen molar-refractivity contribution in [3.8, 4) is 0 Å². The number of halogens is 1. The van der Waals surface area contributed by atoms with Crippen molar-refractivity contribution in [2.45, 2.75) is 13.5 Å². The second-order valence-corrected chi connectivity index (χ2v) is 6.62. The van der Waals surface area contributed by atoms with Gasteiger partial charge >= 0.3 is 11.6 Å². The van der Waals surface area contributed by atoms with Crippen LogP contribution in [-0.2, 0) is 11.3 Å². The van der Waals surface area contributed by atoms with Crippen molar-refractivity contribution in [3.05, 3.63) is 85.1 Å². The molecule has 0 saturated carbocycles. The predicted octanol–water partition coefficient (Wildman–Crippen LogP) is 3.35. The average Bonchev–Trinajstić information content (AvgIpc) is 2.68. The number of benzene rings is 2. The van der Waals surface area contributed by atoms with E-state index in [1.165, 1.54) is 6.07 Å². The molecular formula is C20H13ClN2O5. The molecule has 0 fully saturated rings. The van der Waals surface area contributed by atoms with Crippen LogP contribution in [0.3, 0.4) is 0 Å². The van der Waals surface area contributed by atoms with Gasteiger partial charge in [-0.1, -0.05) is 29.8 Å². The van der Waals surface area contributed by atoms with Gasteiger partial charge in [-0.15, -0.1) is 0 Å². The maximum absolute atomic E-state index is 12.6. The Morgan fingerprint density at radius 3 is 2.68 bits per heavy atom. The molecule has 0 aliphatic heterocycles. The molecule has 28 heavy (non-hydrogen) atoms. The highest BCUT2D eigenvalue weighted by molar-refractivity contribution is 6.32. The van der Waals surface area contributed by atoms with Crippen molar-refractivity contribution in [1.29, 1.82) is 0 Å². The second kappa shape index (κ2) is 6.94. The Hall–Kier alpha value is -3.45. The van der Waals surface area contributed by atoms with E-state index in [9.17, 15) is 14.4 Å². The Balaban J connectivity index is 1.70. The maximum atomic E-state index is 12.6. The largest absolute Gasteiger partial charge is 0.456 e. The molecule has 1 N–H and O–H groups in total.